The van der Waals surface area contributed by atoms with E-state index in [4.69, 9.17) is 4.74 Å². The van der Waals surface area contributed by atoms with Crippen molar-refractivity contribution in [2.45, 2.75) is 23.6 Å². The SMILES string of the molecule is CCOc1ccc(N(CC(=O)Nc2ccc(C)cc2)S(=O)(=O)c2ccc(SC)cc2)cc1. The van der Waals surface area contributed by atoms with Crippen LogP contribution in [0.2, 0.25) is 0 Å². The van der Waals surface area contributed by atoms with Crippen LogP contribution in [0.5, 0.6) is 5.75 Å². The third kappa shape index (κ3) is 5.83. The third-order valence-electron chi connectivity index (χ3n) is 4.71. The van der Waals surface area contributed by atoms with Gasteiger partial charge in [0.15, 0.2) is 0 Å². The number of thioether (sulfide) groups is 1. The fourth-order valence-corrected chi connectivity index (χ4v) is 4.86. The Morgan fingerprint density at radius 3 is 2.16 bits per heavy atom. The normalized spacial score (nSPS) is 11.1. The first-order valence-electron chi connectivity index (χ1n) is 10.1. The first-order chi connectivity index (χ1) is 15.3. The number of rotatable bonds is 9. The number of hydrogen-bond acceptors (Lipinski definition) is 5. The van der Waals surface area contributed by atoms with Crippen LogP contribution in [0.3, 0.4) is 0 Å². The van der Waals surface area contributed by atoms with Crippen molar-refractivity contribution in [1.82, 2.24) is 0 Å². The summed E-state index contributed by atoms with van der Waals surface area (Å²) in [7, 11) is -3.98. The number of nitrogens with one attached hydrogen (secondary N) is 1. The van der Waals surface area contributed by atoms with E-state index in [-0.39, 0.29) is 11.4 Å². The van der Waals surface area contributed by atoms with Crippen molar-refractivity contribution in [1.29, 1.82) is 0 Å². The zero-order chi connectivity index (χ0) is 23.1. The van der Waals surface area contributed by atoms with Crippen LogP contribution in [-0.2, 0) is 14.8 Å². The number of carbonyl (C=O) groups excluding carboxylic acids is 1. The standard InChI is InChI=1S/C24H26N2O4S2/c1-4-30-21-11-9-20(10-12-21)26(17-24(27)25-19-7-5-18(2)6-8-19)32(28,29)23-15-13-22(31-3)14-16-23/h5-16H,4,17H2,1-3H3,(H,25,27). The lowest BCUT2D eigenvalue weighted by atomic mass is 10.2. The van der Waals surface area contributed by atoms with Crippen molar-refractivity contribution < 1.29 is 17.9 Å². The molecule has 0 aliphatic carbocycles. The minimum atomic E-state index is -3.98. The van der Waals surface area contributed by atoms with E-state index < -0.39 is 15.9 Å². The first kappa shape index (κ1) is 23.7. The Hall–Kier alpha value is -2.97. The molecule has 8 heteroatoms. The van der Waals surface area contributed by atoms with Crippen molar-refractivity contribution >= 4 is 39.1 Å². The molecule has 0 fully saturated rings. The number of nitrogens with zero attached hydrogens (tertiary/aromatic N) is 1. The number of hydrogen-bond donors (Lipinski definition) is 1. The van der Waals surface area contributed by atoms with Gasteiger partial charge in [-0.05, 0) is 80.8 Å². The average molecular weight is 471 g/mol. The van der Waals surface area contributed by atoms with Gasteiger partial charge >= 0.3 is 0 Å². The molecule has 1 N–H and O–H groups in total. The molecular formula is C24H26N2O4S2. The summed E-state index contributed by atoms with van der Waals surface area (Å²) in [5.74, 6) is 0.189. The van der Waals surface area contributed by atoms with E-state index in [1.54, 1.807) is 60.7 Å². The van der Waals surface area contributed by atoms with E-state index >= 15 is 0 Å². The second-order valence-corrected chi connectivity index (χ2v) is 9.77. The van der Waals surface area contributed by atoms with Crippen LogP contribution in [0, 0.1) is 6.92 Å². The Bertz CT molecular complexity index is 1140. The lowest BCUT2D eigenvalue weighted by molar-refractivity contribution is -0.114. The van der Waals surface area contributed by atoms with E-state index in [2.05, 4.69) is 5.32 Å². The molecule has 0 heterocycles. The summed E-state index contributed by atoms with van der Waals surface area (Å²) < 4.78 is 33.5. The maximum Gasteiger partial charge on any atom is 0.264 e. The molecular weight excluding hydrogens is 444 g/mol. The Morgan fingerprint density at radius 1 is 0.969 bits per heavy atom. The highest BCUT2D eigenvalue weighted by atomic mass is 32.2. The largest absolute Gasteiger partial charge is 0.494 e. The van der Waals surface area contributed by atoms with Crippen molar-refractivity contribution in [3.8, 4) is 5.75 Å². The molecule has 6 nitrogen and oxygen atoms in total. The maximum absolute atomic E-state index is 13.5. The molecule has 3 rings (SSSR count). The molecule has 168 valence electrons. The quantitative estimate of drug-likeness (QED) is 0.448. The summed E-state index contributed by atoms with van der Waals surface area (Å²) in [6, 6.07) is 20.6. The van der Waals surface area contributed by atoms with Gasteiger partial charge in [0, 0.05) is 10.6 Å². The predicted octanol–water partition coefficient (Wildman–Crippen LogP) is 4.95. The van der Waals surface area contributed by atoms with Gasteiger partial charge in [0.1, 0.15) is 12.3 Å². The maximum atomic E-state index is 13.5. The molecule has 3 aromatic carbocycles. The predicted molar refractivity (Wildman–Crippen MR) is 130 cm³/mol. The molecule has 0 aromatic heterocycles. The molecule has 0 aliphatic rings. The van der Waals surface area contributed by atoms with E-state index in [9.17, 15) is 13.2 Å². The molecule has 0 saturated heterocycles. The summed E-state index contributed by atoms with van der Waals surface area (Å²) in [5.41, 5.74) is 2.05. The number of benzene rings is 3. The number of sulfonamides is 1. The minimum absolute atomic E-state index is 0.118. The zero-order valence-electron chi connectivity index (χ0n) is 18.2. The second kappa shape index (κ2) is 10.6. The molecule has 0 bridgehead atoms. The molecule has 0 radical (unpaired) electrons. The zero-order valence-corrected chi connectivity index (χ0v) is 19.9. The summed E-state index contributed by atoms with van der Waals surface area (Å²) in [6.07, 6.45) is 1.92. The Morgan fingerprint density at radius 2 is 1.59 bits per heavy atom. The molecule has 32 heavy (non-hydrogen) atoms. The molecule has 3 aromatic rings. The van der Waals surface area contributed by atoms with Gasteiger partial charge in [-0.3, -0.25) is 9.10 Å². The van der Waals surface area contributed by atoms with Gasteiger partial charge in [-0.15, -0.1) is 11.8 Å². The van der Waals surface area contributed by atoms with Gasteiger partial charge in [0.25, 0.3) is 10.0 Å². The van der Waals surface area contributed by atoms with E-state index in [1.165, 1.54) is 11.8 Å². The smallest absolute Gasteiger partial charge is 0.264 e. The second-order valence-electron chi connectivity index (χ2n) is 7.03. The van der Waals surface area contributed by atoms with Gasteiger partial charge in [-0.1, -0.05) is 17.7 Å². The molecule has 0 unspecified atom stereocenters. The van der Waals surface area contributed by atoms with Crippen LogP contribution >= 0.6 is 11.8 Å². The van der Waals surface area contributed by atoms with E-state index in [0.717, 1.165) is 14.8 Å². The first-order valence-corrected chi connectivity index (χ1v) is 12.8. The number of carbonyl (C=O) groups is 1. The lowest BCUT2D eigenvalue weighted by Gasteiger charge is -2.24. The fraction of sp³-hybridized carbons (Fsp3) is 0.208. The summed E-state index contributed by atoms with van der Waals surface area (Å²) in [6.45, 7) is 3.96. The van der Waals surface area contributed by atoms with Crippen LogP contribution < -0.4 is 14.4 Å². The fourth-order valence-electron chi connectivity index (χ4n) is 3.03. The van der Waals surface area contributed by atoms with Crippen LogP contribution in [-0.4, -0.2) is 33.7 Å². The van der Waals surface area contributed by atoms with Gasteiger partial charge in [-0.2, -0.15) is 0 Å². The van der Waals surface area contributed by atoms with Gasteiger partial charge in [-0.25, -0.2) is 8.42 Å². The highest BCUT2D eigenvalue weighted by Crippen LogP contribution is 2.27. The molecule has 0 spiro atoms. The van der Waals surface area contributed by atoms with Crippen molar-refractivity contribution in [3.63, 3.8) is 0 Å². The monoisotopic (exact) mass is 470 g/mol. The molecule has 0 saturated carbocycles. The van der Waals surface area contributed by atoms with Crippen molar-refractivity contribution in [3.05, 3.63) is 78.4 Å². The van der Waals surface area contributed by atoms with Crippen LogP contribution in [0.1, 0.15) is 12.5 Å². The Kier molecular flexibility index (Phi) is 7.82. The number of aryl methyl sites for hydroxylation is 1. The number of ether oxygens (including phenoxy) is 1. The van der Waals surface area contributed by atoms with Crippen molar-refractivity contribution in [2.75, 3.05) is 29.0 Å². The number of amides is 1. The van der Waals surface area contributed by atoms with E-state index in [1.807, 2.05) is 32.2 Å². The summed E-state index contributed by atoms with van der Waals surface area (Å²) in [4.78, 5) is 13.9. The Balaban J connectivity index is 1.92. The lowest BCUT2D eigenvalue weighted by Crippen LogP contribution is -2.38. The van der Waals surface area contributed by atoms with Crippen LogP contribution in [0.25, 0.3) is 0 Å². The van der Waals surface area contributed by atoms with Gasteiger partial charge < -0.3 is 10.1 Å². The summed E-state index contributed by atoms with van der Waals surface area (Å²) in [5, 5.41) is 2.77. The average Bonchev–Trinajstić information content (AvgIpc) is 2.80. The minimum Gasteiger partial charge on any atom is -0.494 e. The topological polar surface area (TPSA) is 75.7 Å². The highest BCUT2D eigenvalue weighted by Gasteiger charge is 2.27. The molecule has 1 amide bonds. The van der Waals surface area contributed by atoms with Crippen molar-refractivity contribution in [2.24, 2.45) is 0 Å². The molecule has 0 atom stereocenters. The summed E-state index contributed by atoms with van der Waals surface area (Å²) >= 11 is 1.53. The van der Waals surface area contributed by atoms with Gasteiger partial charge in [0.05, 0.1) is 17.2 Å². The number of anilines is 2. The van der Waals surface area contributed by atoms with Gasteiger partial charge in [0.2, 0.25) is 5.91 Å². The van der Waals surface area contributed by atoms with Crippen LogP contribution in [0.4, 0.5) is 11.4 Å². The molecule has 0 aliphatic heterocycles. The Labute approximate surface area is 193 Å². The van der Waals surface area contributed by atoms with Crippen LogP contribution in [0.15, 0.2) is 82.6 Å². The highest BCUT2D eigenvalue weighted by molar-refractivity contribution is 7.98. The third-order valence-corrected chi connectivity index (χ3v) is 7.24. The van der Waals surface area contributed by atoms with E-state index in [0.29, 0.717) is 23.7 Å².